The van der Waals surface area contributed by atoms with Gasteiger partial charge < -0.3 is 18.9 Å². The Labute approximate surface area is 368 Å². The van der Waals surface area contributed by atoms with Gasteiger partial charge in [-0.3, -0.25) is 0 Å². The van der Waals surface area contributed by atoms with E-state index in [9.17, 15) is 0 Å². The van der Waals surface area contributed by atoms with Gasteiger partial charge >= 0.3 is 0 Å². The number of anilines is 6. The van der Waals surface area contributed by atoms with Crippen LogP contribution in [0.15, 0.2) is 206 Å². The normalized spacial score (nSPS) is 13.2. The maximum Gasteiger partial charge on any atom is 0.252 e. The van der Waals surface area contributed by atoms with E-state index in [1.165, 1.54) is 87.9 Å². The van der Waals surface area contributed by atoms with Gasteiger partial charge in [0.2, 0.25) is 0 Å². The van der Waals surface area contributed by atoms with Gasteiger partial charge in [0, 0.05) is 67.0 Å². The van der Waals surface area contributed by atoms with Gasteiger partial charge in [0.1, 0.15) is 0 Å². The highest BCUT2D eigenvalue weighted by molar-refractivity contribution is 7.01. The maximum atomic E-state index is 2.58. The molecule has 0 unspecified atom stereocenters. The molecule has 0 amide bonds. The Kier molecular flexibility index (Phi) is 7.73. The molecule has 9 aromatic carbocycles. The third-order valence-electron chi connectivity index (χ3n) is 13.6. The van der Waals surface area contributed by atoms with E-state index in [1.54, 1.807) is 0 Å². The minimum absolute atomic E-state index is 0.0397. The van der Waals surface area contributed by atoms with E-state index in [0.717, 1.165) is 22.7 Å². The van der Waals surface area contributed by atoms with Crippen LogP contribution in [-0.2, 0) is 0 Å². The summed E-state index contributed by atoms with van der Waals surface area (Å²) in [6, 6.07) is 76.9. The highest BCUT2D eigenvalue weighted by Gasteiger charge is 2.45. The predicted molar refractivity (Wildman–Crippen MR) is 272 cm³/mol. The van der Waals surface area contributed by atoms with Crippen LogP contribution in [0.3, 0.4) is 0 Å². The first-order chi connectivity index (χ1) is 30.9. The van der Waals surface area contributed by atoms with Crippen molar-refractivity contribution in [3.8, 4) is 11.4 Å². The number of rotatable bonds is 5. The molecule has 0 bridgehead atoms. The molecule has 4 heterocycles. The second-order valence-electron chi connectivity index (χ2n) is 18.2. The molecule has 0 spiro atoms. The number of nitrogens with zero attached hydrogens (tertiary/aromatic N) is 4. The van der Waals surface area contributed by atoms with Gasteiger partial charge in [-0.2, -0.15) is 0 Å². The van der Waals surface area contributed by atoms with Gasteiger partial charge in [-0.05, 0) is 101 Å². The molecule has 0 saturated carbocycles. The largest absolute Gasteiger partial charge is 0.311 e. The Morgan fingerprint density at radius 1 is 0.333 bits per heavy atom. The molecule has 11 aromatic rings. The minimum atomic E-state index is -1.88. The first kappa shape index (κ1) is 36.1. The molecule has 0 fully saturated rings. The van der Waals surface area contributed by atoms with Crippen LogP contribution in [0.5, 0.6) is 0 Å². The Morgan fingerprint density at radius 2 is 0.698 bits per heavy atom. The van der Waals surface area contributed by atoms with E-state index < -0.39 is 8.07 Å². The summed E-state index contributed by atoms with van der Waals surface area (Å²) in [6.45, 7) is 7.41. The highest BCUT2D eigenvalue weighted by Crippen LogP contribution is 2.47. The van der Waals surface area contributed by atoms with Gasteiger partial charge in [-0.25, -0.2) is 0 Å². The van der Waals surface area contributed by atoms with Crippen molar-refractivity contribution in [3.63, 3.8) is 0 Å². The van der Waals surface area contributed by atoms with E-state index >= 15 is 0 Å². The zero-order valence-corrected chi connectivity index (χ0v) is 36.5. The number of fused-ring (bicyclic) bond motifs is 10. The summed E-state index contributed by atoms with van der Waals surface area (Å²) in [4.78, 5) is 5.16. The molecule has 63 heavy (non-hydrogen) atoms. The molecule has 0 saturated heterocycles. The quantitative estimate of drug-likeness (QED) is 0.161. The monoisotopic (exact) mass is 822 g/mol. The second-order valence-corrected chi connectivity index (χ2v) is 23.3. The van der Waals surface area contributed by atoms with Crippen LogP contribution in [0, 0.1) is 0 Å². The second kappa shape index (κ2) is 13.5. The fourth-order valence-corrected chi connectivity index (χ4v) is 11.9. The SMILES string of the molecule is C[Si](C)(C)c1cc2c3c(c1)N(c1ccccc1)c1cc4c(cc1B3c1cc3c5ccccc5n(-c5ccccc5)c3cc1N2c1ccccc1)c1ccccc1n4-c1ccccc1. The molecule has 0 radical (unpaired) electrons. The Balaban J connectivity index is 1.22. The first-order valence-corrected chi connectivity index (χ1v) is 25.6. The average Bonchev–Trinajstić information content (AvgIpc) is 3.82. The van der Waals surface area contributed by atoms with Crippen LogP contribution in [0.1, 0.15) is 0 Å². The third kappa shape index (κ3) is 5.28. The van der Waals surface area contributed by atoms with Crippen LogP contribution in [0.25, 0.3) is 55.0 Å². The van der Waals surface area contributed by atoms with E-state index in [2.05, 4.69) is 245 Å². The van der Waals surface area contributed by atoms with Crippen LogP contribution in [0.2, 0.25) is 19.6 Å². The number of hydrogen-bond donors (Lipinski definition) is 0. The van der Waals surface area contributed by atoms with E-state index in [0.29, 0.717) is 0 Å². The summed E-state index contributed by atoms with van der Waals surface area (Å²) in [5.74, 6) is 0. The van der Waals surface area contributed by atoms with Crippen LogP contribution < -0.4 is 31.4 Å². The Hall–Kier alpha value is -7.54. The molecule has 0 atom stereocenters. The molecule has 2 aromatic heterocycles. The summed E-state index contributed by atoms with van der Waals surface area (Å²) in [5.41, 5.74) is 18.4. The van der Waals surface area contributed by atoms with Crippen molar-refractivity contribution in [2.75, 3.05) is 9.80 Å². The van der Waals surface area contributed by atoms with E-state index in [1.807, 2.05) is 0 Å². The smallest absolute Gasteiger partial charge is 0.252 e. The van der Waals surface area contributed by atoms with Crippen molar-refractivity contribution in [1.82, 2.24) is 9.13 Å². The molecule has 2 aliphatic heterocycles. The van der Waals surface area contributed by atoms with E-state index in [-0.39, 0.29) is 6.71 Å². The standard InChI is InChI=1S/C57H43BN4Si/c1-63(2,3)42-32-55-57-56(33-42)62(41-26-14-7-15-27-41)54-37-52-46(44-29-17-19-31-50(44)60(52)39-22-10-5-11-23-39)35-48(54)58(57)47-34-45-43-28-16-18-30-49(43)59(38-20-8-4-9-21-38)51(45)36-53(47)61(55)40-24-12-6-13-25-40/h4-37H,1-3H3. The van der Waals surface area contributed by atoms with Crippen molar-refractivity contribution < 1.29 is 0 Å². The maximum absolute atomic E-state index is 2.58. The molecule has 13 rings (SSSR count). The molecular formula is C57H43BN4Si. The predicted octanol–water partition coefficient (Wildman–Crippen LogP) is 12.5. The summed E-state index contributed by atoms with van der Waals surface area (Å²) < 4.78 is 4.92. The lowest BCUT2D eigenvalue weighted by molar-refractivity contribution is 1.17. The van der Waals surface area contributed by atoms with Crippen molar-refractivity contribution in [2.45, 2.75) is 19.6 Å². The van der Waals surface area contributed by atoms with Crippen molar-refractivity contribution in [1.29, 1.82) is 0 Å². The Bertz CT molecular complexity index is 3380. The zero-order valence-electron chi connectivity index (χ0n) is 35.5. The molecular weight excluding hydrogens is 780 g/mol. The lowest BCUT2D eigenvalue weighted by Gasteiger charge is -2.45. The Morgan fingerprint density at radius 3 is 1.10 bits per heavy atom. The molecule has 298 valence electrons. The molecule has 0 aliphatic carbocycles. The van der Waals surface area contributed by atoms with Gasteiger partial charge in [0.25, 0.3) is 6.71 Å². The zero-order chi connectivity index (χ0) is 42.0. The minimum Gasteiger partial charge on any atom is -0.311 e. The third-order valence-corrected chi connectivity index (χ3v) is 15.6. The molecule has 6 heteroatoms. The van der Waals surface area contributed by atoms with Crippen LogP contribution >= 0.6 is 0 Å². The fraction of sp³-hybridized carbons (Fsp3) is 0.0526. The average molecular weight is 823 g/mol. The summed E-state index contributed by atoms with van der Waals surface area (Å²) >= 11 is 0. The first-order valence-electron chi connectivity index (χ1n) is 22.1. The summed E-state index contributed by atoms with van der Waals surface area (Å²) in [5, 5.41) is 6.47. The van der Waals surface area contributed by atoms with Gasteiger partial charge in [-0.1, -0.05) is 146 Å². The summed E-state index contributed by atoms with van der Waals surface area (Å²) in [6.07, 6.45) is 0. The van der Waals surface area contributed by atoms with Gasteiger partial charge in [-0.15, -0.1) is 0 Å². The number of para-hydroxylation sites is 6. The van der Waals surface area contributed by atoms with Crippen LogP contribution in [-0.4, -0.2) is 23.9 Å². The number of benzene rings is 9. The number of aromatic nitrogens is 2. The lowest BCUT2D eigenvalue weighted by Crippen LogP contribution is -2.62. The van der Waals surface area contributed by atoms with Crippen molar-refractivity contribution in [3.05, 3.63) is 206 Å². The fourth-order valence-electron chi connectivity index (χ4n) is 10.8. The molecule has 2 aliphatic rings. The van der Waals surface area contributed by atoms with Gasteiger partial charge in [0.05, 0.1) is 30.1 Å². The molecule has 4 nitrogen and oxygen atoms in total. The summed E-state index contributed by atoms with van der Waals surface area (Å²) in [7, 11) is -1.88. The molecule has 0 N–H and O–H groups in total. The van der Waals surface area contributed by atoms with Crippen molar-refractivity contribution in [2.24, 2.45) is 0 Å². The van der Waals surface area contributed by atoms with Gasteiger partial charge in [0.15, 0.2) is 0 Å². The topological polar surface area (TPSA) is 16.3 Å². The van der Waals surface area contributed by atoms with Crippen LogP contribution in [0.4, 0.5) is 34.1 Å². The number of hydrogen-bond acceptors (Lipinski definition) is 2. The van der Waals surface area contributed by atoms with Crippen molar-refractivity contribution >= 4 is 114 Å². The van der Waals surface area contributed by atoms with E-state index in [4.69, 9.17) is 0 Å². The lowest BCUT2D eigenvalue weighted by atomic mass is 9.33. The highest BCUT2D eigenvalue weighted by atomic mass is 28.3.